The molecule has 0 saturated heterocycles. The Morgan fingerprint density at radius 3 is 2.17 bits per heavy atom. The summed E-state index contributed by atoms with van der Waals surface area (Å²) in [5.74, 6) is -1.65. The number of fused-ring (bicyclic) bond motifs is 1. The predicted octanol–water partition coefficient (Wildman–Crippen LogP) is 7.01. The van der Waals surface area contributed by atoms with E-state index in [1.165, 1.54) is 16.3 Å². The van der Waals surface area contributed by atoms with Gasteiger partial charge in [-0.3, -0.25) is 4.79 Å². The summed E-state index contributed by atoms with van der Waals surface area (Å²) in [6.07, 6.45) is 0. The molecule has 1 atom stereocenters. The van der Waals surface area contributed by atoms with Gasteiger partial charge in [-0.15, -0.1) is 11.3 Å². The van der Waals surface area contributed by atoms with Gasteiger partial charge < -0.3 is 15.3 Å². The lowest BCUT2D eigenvalue weighted by Gasteiger charge is -2.22. The van der Waals surface area contributed by atoms with Gasteiger partial charge >= 0.3 is 5.97 Å². The van der Waals surface area contributed by atoms with Crippen LogP contribution in [0.4, 0.5) is 5.13 Å². The van der Waals surface area contributed by atoms with E-state index in [9.17, 15) is 14.7 Å². The largest absolute Gasteiger partial charge is 0.480 e. The zero-order chi connectivity index (χ0) is 28.1. The Labute approximate surface area is 237 Å². The van der Waals surface area contributed by atoms with Crippen LogP contribution in [0.1, 0.15) is 35.3 Å². The van der Waals surface area contributed by atoms with Crippen molar-refractivity contribution < 1.29 is 14.7 Å². The molecule has 7 heteroatoms. The molecule has 2 N–H and O–H groups in total. The van der Waals surface area contributed by atoms with Crippen molar-refractivity contribution in [1.29, 1.82) is 0 Å². The minimum absolute atomic E-state index is 0.218. The van der Waals surface area contributed by atoms with Gasteiger partial charge in [0.25, 0.3) is 5.91 Å². The second kappa shape index (κ2) is 12.1. The molecule has 0 fully saturated rings. The van der Waals surface area contributed by atoms with Crippen LogP contribution in [0.25, 0.3) is 22.0 Å². The number of carbonyl (C=O) groups is 2. The van der Waals surface area contributed by atoms with Crippen LogP contribution >= 0.6 is 11.3 Å². The van der Waals surface area contributed by atoms with Gasteiger partial charge in [-0.05, 0) is 46.0 Å². The molecule has 5 rings (SSSR count). The smallest absolute Gasteiger partial charge is 0.326 e. The van der Waals surface area contributed by atoms with E-state index in [0.29, 0.717) is 18.7 Å². The van der Waals surface area contributed by atoms with E-state index in [-0.39, 0.29) is 5.92 Å². The molecule has 0 aliphatic carbocycles. The summed E-state index contributed by atoms with van der Waals surface area (Å²) in [6.45, 7) is 4.83. The molecule has 0 aliphatic heterocycles. The van der Waals surface area contributed by atoms with Crippen LogP contribution in [0.15, 0.2) is 102 Å². The third kappa shape index (κ3) is 6.38. The molecule has 1 heterocycles. The molecule has 4 aromatic carbocycles. The highest BCUT2D eigenvalue weighted by molar-refractivity contribution is 7.14. The minimum atomic E-state index is -1.04. The van der Waals surface area contributed by atoms with Crippen molar-refractivity contribution in [3.05, 3.63) is 119 Å². The maximum Gasteiger partial charge on any atom is 0.326 e. The third-order valence-corrected chi connectivity index (χ3v) is 7.73. The predicted molar refractivity (Wildman–Crippen MR) is 162 cm³/mol. The maximum atomic E-state index is 12.7. The summed E-state index contributed by atoms with van der Waals surface area (Å²) < 4.78 is 0. The molecule has 5 aromatic rings. The van der Waals surface area contributed by atoms with E-state index < -0.39 is 17.9 Å². The Kier molecular flexibility index (Phi) is 8.22. The summed E-state index contributed by atoms with van der Waals surface area (Å²) in [6, 6.07) is 31.4. The average molecular weight is 550 g/mol. The number of hydrogen-bond acceptors (Lipinski definition) is 5. The van der Waals surface area contributed by atoms with E-state index in [1.54, 1.807) is 37.3 Å². The van der Waals surface area contributed by atoms with Crippen molar-refractivity contribution in [2.75, 3.05) is 4.90 Å². The molecule has 1 unspecified atom stereocenters. The first kappa shape index (κ1) is 27.1. The number of thiazole rings is 1. The molecule has 0 saturated carbocycles. The second-order valence-corrected chi connectivity index (χ2v) is 11.0. The fraction of sp³-hybridized carbons (Fsp3) is 0.182. The number of anilines is 1. The van der Waals surface area contributed by atoms with Crippen molar-refractivity contribution in [2.24, 2.45) is 5.92 Å². The molecule has 0 spiro atoms. The van der Waals surface area contributed by atoms with Crippen LogP contribution in [0.5, 0.6) is 0 Å². The molecular weight excluding hydrogens is 518 g/mol. The van der Waals surface area contributed by atoms with E-state index in [0.717, 1.165) is 22.0 Å². The Morgan fingerprint density at radius 2 is 1.50 bits per heavy atom. The Balaban J connectivity index is 1.37. The van der Waals surface area contributed by atoms with Gasteiger partial charge in [-0.25, -0.2) is 9.78 Å². The van der Waals surface area contributed by atoms with Crippen LogP contribution in [-0.2, 0) is 17.9 Å². The lowest BCUT2D eigenvalue weighted by atomic mass is 10.0. The Hall–Kier alpha value is -4.49. The summed E-state index contributed by atoms with van der Waals surface area (Å²) in [7, 11) is 0. The number of aliphatic carboxylic acids is 1. The molecule has 1 amide bonds. The van der Waals surface area contributed by atoms with Gasteiger partial charge in [0.05, 0.1) is 5.69 Å². The number of amides is 1. The standard InChI is InChI=1S/C33H31N3O3S/c1-22(2)30(32(38)39)35-31(37)26-14-12-24(13-15-26)20-36(19-23-8-4-3-5-9-23)33-34-29(21-40-33)28-17-16-25-10-6-7-11-27(25)18-28/h3-18,21-22,30H,19-20H2,1-2H3,(H,35,37)(H,38,39). The summed E-state index contributed by atoms with van der Waals surface area (Å²) in [5, 5.41) is 17.4. The number of rotatable bonds is 10. The Morgan fingerprint density at radius 1 is 0.850 bits per heavy atom. The van der Waals surface area contributed by atoms with Gasteiger partial charge in [-0.2, -0.15) is 0 Å². The highest BCUT2D eigenvalue weighted by Gasteiger charge is 2.24. The van der Waals surface area contributed by atoms with Crippen LogP contribution in [0.3, 0.4) is 0 Å². The normalized spacial score (nSPS) is 11.9. The molecule has 202 valence electrons. The molecule has 6 nitrogen and oxygen atoms in total. The van der Waals surface area contributed by atoms with Gasteiger partial charge in [0.15, 0.2) is 5.13 Å². The number of carboxylic acids is 1. The molecule has 0 aliphatic rings. The summed E-state index contributed by atoms with van der Waals surface area (Å²) in [4.78, 5) is 31.4. The van der Waals surface area contributed by atoms with E-state index in [4.69, 9.17) is 4.98 Å². The highest BCUT2D eigenvalue weighted by Crippen LogP contribution is 2.31. The lowest BCUT2D eigenvalue weighted by molar-refractivity contribution is -0.140. The van der Waals surface area contributed by atoms with Crippen molar-refractivity contribution in [1.82, 2.24) is 10.3 Å². The Bertz CT molecular complexity index is 1610. The minimum Gasteiger partial charge on any atom is -0.480 e. The van der Waals surface area contributed by atoms with Crippen molar-refractivity contribution in [3.8, 4) is 11.3 Å². The zero-order valence-corrected chi connectivity index (χ0v) is 23.3. The summed E-state index contributed by atoms with van der Waals surface area (Å²) in [5.41, 5.74) is 4.65. The number of carboxylic acid groups (broad SMARTS) is 1. The molecule has 40 heavy (non-hydrogen) atoms. The first-order chi connectivity index (χ1) is 19.4. The zero-order valence-electron chi connectivity index (χ0n) is 22.5. The van der Waals surface area contributed by atoms with E-state index in [2.05, 4.69) is 58.1 Å². The van der Waals surface area contributed by atoms with E-state index in [1.807, 2.05) is 42.5 Å². The molecule has 1 aromatic heterocycles. The monoisotopic (exact) mass is 549 g/mol. The van der Waals surface area contributed by atoms with Gasteiger partial charge in [0.2, 0.25) is 0 Å². The topological polar surface area (TPSA) is 82.5 Å². The SMILES string of the molecule is CC(C)C(NC(=O)c1ccc(CN(Cc2ccccc2)c2nc(-c3ccc4ccccc4c3)cs2)cc1)C(=O)O. The van der Waals surface area contributed by atoms with Gasteiger partial charge in [0, 0.05) is 29.6 Å². The van der Waals surface area contributed by atoms with Crippen LogP contribution in [-0.4, -0.2) is 28.0 Å². The number of aromatic nitrogens is 1. The number of hydrogen-bond donors (Lipinski definition) is 2. The number of nitrogens with one attached hydrogen (secondary N) is 1. The highest BCUT2D eigenvalue weighted by atomic mass is 32.1. The number of benzene rings is 4. The molecule has 0 radical (unpaired) electrons. The quantitative estimate of drug-likeness (QED) is 0.196. The van der Waals surface area contributed by atoms with Crippen LogP contribution < -0.4 is 10.2 Å². The van der Waals surface area contributed by atoms with Crippen molar-refractivity contribution >= 4 is 39.1 Å². The van der Waals surface area contributed by atoms with Crippen molar-refractivity contribution in [2.45, 2.75) is 33.0 Å². The lowest BCUT2D eigenvalue weighted by Crippen LogP contribution is -2.44. The first-order valence-electron chi connectivity index (χ1n) is 13.2. The summed E-state index contributed by atoms with van der Waals surface area (Å²) >= 11 is 1.61. The van der Waals surface area contributed by atoms with Crippen molar-refractivity contribution in [3.63, 3.8) is 0 Å². The van der Waals surface area contributed by atoms with Gasteiger partial charge in [0.1, 0.15) is 6.04 Å². The third-order valence-electron chi connectivity index (χ3n) is 6.83. The molecule has 0 bridgehead atoms. The van der Waals surface area contributed by atoms with Gasteiger partial charge in [-0.1, -0.05) is 92.7 Å². The fourth-order valence-electron chi connectivity index (χ4n) is 4.61. The first-order valence-corrected chi connectivity index (χ1v) is 14.1. The molecular formula is C33H31N3O3S. The maximum absolute atomic E-state index is 12.7. The number of nitrogens with zero attached hydrogens (tertiary/aromatic N) is 2. The van der Waals surface area contributed by atoms with Crippen LogP contribution in [0, 0.1) is 5.92 Å². The number of carbonyl (C=O) groups excluding carboxylic acids is 1. The second-order valence-electron chi connectivity index (χ2n) is 10.1. The van der Waals surface area contributed by atoms with E-state index >= 15 is 0 Å². The van der Waals surface area contributed by atoms with Crippen LogP contribution in [0.2, 0.25) is 0 Å². The fourth-order valence-corrected chi connectivity index (χ4v) is 5.44. The average Bonchev–Trinajstić information content (AvgIpc) is 3.46.